The van der Waals surface area contributed by atoms with Crippen LogP contribution < -0.4 is 5.32 Å². The van der Waals surface area contributed by atoms with Gasteiger partial charge in [0.1, 0.15) is 0 Å². The molecule has 0 saturated heterocycles. The summed E-state index contributed by atoms with van der Waals surface area (Å²) in [5.41, 5.74) is 2.77. The average molecular weight is 292 g/mol. The van der Waals surface area contributed by atoms with Gasteiger partial charge in [0.25, 0.3) is 0 Å². The van der Waals surface area contributed by atoms with E-state index in [1.54, 1.807) is 0 Å². The number of hydrogen-bond donors (Lipinski definition) is 1. The maximum Gasteiger partial charge on any atom is 0.0596 e. The normalized spacial score (nSPS) is 19.9. The molecule has 1 heterocycles. The molecule has 0 bridgehead atoms. The number of rotatable bonds is 6. The van der Waals surface area contributed by atoms with Crippen LogP contribution in [0.1, 0.15) is 50.4 Å². The number of nitrogens with zero attached hydrogens (tertiary/aromatic N) is 3. The molecule has 0 aliphatic heterocycles. The van der Waals surface area contributed by atoms with Crippen molar-refractivity contribution >= 4 is 0 Å². The van der Waals surface area contributed by atoms with E-state index in [1.807, 2.05) is 0 Å². The van der Waals surface area contributed by atoms with Gasteiger partial charge in [-0.05, 0) is 53.9 Å². The average Bonchev–Trinajstić information content (AvgIpc) is 2.85. The summed E-state index contributed by atoms with van der Waals surface area (Å²) < 4.78 is 2.16. The molecule has 0 aromatic carbocycles. The molecule has 0 spiro atoms. The minimum Gasteiger partial charge on any atom is -0.315 e. The maximum absolute atomic E-state index is 4.60. The minimum absolute atomic E-state index is 0.281. The van der Waals surface area contributed by atoms with E-state index in [0.717, 1.165) is 18.7 Å². The molecule has 2 rings (SSSR count). The predicted molar refractivity (Wildman–Crippen MR) is 88.7 cm³/mol. The largest absolute Gasteiger partial charge is 0.315 e. The molecule has 4 heteroatoms. The lowest BCUT2D eigenvalue weighted by atomic mass is 9.74. The fourth-order valence-electron chi connectivity index (χ4n) is 4.08. The third-order valence-electron chi connectivity index (χ3n) is 5.31. The Labute approximate surface area is 129 Å². The van der Waals surface area contributed by atoms with Crippen LogP contribution in [0, 0.1) is 6.92 Å². The van der Waals surface area contributed by atoms with Crippen LogP contribution in [-0.4, -0.2) is 47.4 Å². The third kappa shape index (κ3) is 3.32. The second kappa shape index (κ2) is 6.93. The van der Waals surface area contributed by atoms with Crippen molar-refractivity contribution in [3.05, 3.63) is 17.5 Å². The van der Waals surface area contributed by atoms with E-state index in [2.05, 4.69) is 61.1 Å². The summed E-state index contributed by atoms with van der Waals surface area (Å²) in [5, 5.41) is 8.22. The van der Waals surface area contributed by atoms with Crippen LogP contribution in [0.15, 0.2) is 6.07 Å². The lowest BCUT2D eigenvalue weighted by Gasteiger charge is -2.48. The SMILES string of the molecule is CCn1nc(C)cc1CC(NC)C1(N(C)C)CCCCC1. The summed E-state index contributed by atoms with van der Waals surface area (Å²) in [7, 11) is 6.61. The van der Waals surface area contributed by atoms with Crippen LogP contribution in [0.2, 0.25) is 0 Å². The van der Waals surface area contributed by atoms with Crippen molar-refractivity contribution < 1.29 is 0 Å². The molecule has 120 valence electrons. The number of aryl methyl sites for hydroxylation is 2. The topological polar surface area (TPSA) is 33.1 Å². The highest BCUT2D eigenvalue weighted by molar-refractivity contribution is 5.14. The third-order valence-corrected chi connectivity index (χ3v) is 5.31. The van der Waals surface area contributed by atoms with Gasteiger partial charge in [0.15, 0.2) is 0 Å². The first-order valence-electron chi connectivity index (χ1n) is 8.41. The Morgan fingerprint density at radius 3 is 2.52 bits per heavy atom. The molecule has 1 aromatic rings. The van der Waals surface area contributed by atoms with Crippen molar-refractivity contribution in [2.75, 3.05) is 21.1 Å². The van der Waals surface area contributed by atoms with Gasteiger partial charge in [0, 0.05) is 30.2 Å². The second-order valence-electron chi connectivity index (χ2n) is 6.70. The van der Waals surface area contributed by atoms with Gasteiger partial charge in [-0.25, -0.2) is 0 Å². The Bertz CT molecular complexity index is 444. The molecule has 1 aromatic heterocycles. The zero-order chi connectivity index (χ0) is 15.5. The highest BCUT2D eigenvalue weighted by Crippen LogP contribution is 2.36. The van der Waals surface area contributed by atoms with Gasteiger partial charge in [-0.2, -0.15) is 5.10 Å². The molecule has 1 saturated carbocycles. The monoisotopic (exact) mass is 292 g/mol. The van der Waals surface area contributed by atoms with Gasteiger partial charge >= 0.3 is 0 Å². The molecular formula is C17H32N4. The fraction of sp³-hybridized carbons (Fsp3) is 0.824. The molecule has 1 unspecified atom stereocenters. The van der Waals surface area contributed by atoms with Crippen molar-refractivity contribution in [3.63, 3.8) is 0 Å². The molecular weight excluding hydrogens is 260 g/mol. The van der Waals surface area contributed by atoms with Crippen LogP contribution in [-0.2, 0) is 13.0 Å². The van der Waals surface area contributed by atoms with Gasteiger partial charge in [0.05, 0.1) is 5.69 Å². The Hall–Kier alpha value is -0.870. The van der Waals surface area contributed by atoms with E-state index in [-0.39, 0.29) is 5.54 Å². The predicted octanol–water partition coefficient (Wildman–Crippen LogP) is 2.61. The van der Waals surface area contributed by atoms with Gasteiger partial charge in [-0.3, -0.25) is 4.68 Å². The first-order valence-corrected chi connectivity index (χ1v) is 8.41. The number of aromatic nitrogens is 2. The van der Waals surface area contributed by atoms with Crippen LogP contribution in [0.3, 0.4) is 0 Å². The molecule has 0 radical (unpaired) electrons. The lowest BCUT2D eigenvalue weighted by molar-refractivity contribution is 0.0591. The van der Waals surface area contributed by atoms with Crippen LogP contribution >= 0.6 is 0 Å². The summed E-state index contributed by atoms with van der Waals surface area (Å²) in [6.07, 6.45) is 7.74. The fourth-order valence-corrected chi connectivity index (χ4v) is 4.08. The molecule has 1 N–H and O–H groups in total. The summed E-state index contributed by atoms with van der Waals surface area (Å²) in [6, 6.07) is 2.73. The zero-order valence-corrected chi connectivity index (χ0v) is 14.4. The van der Waals surface area contributed by atoms with Gasteiger partial charge in [-0.15, -0.1) is 0 Å². The van der Waals surface area contributed by atoms with Crippen molar-refractivity contribution in [2.24, 2.45) is 0 Å². The molecule has 1 fully saturated rings. The Balaban J connectivity index is 2.24. The summed E-state index contributed by atoms with van der Waals surface area (Å²) in [4.78, 5) is 2.47. The van der Waals surface area contributed by atoms with Crippen LogP contribution in [0.25, 0.3) is 0 Å². The molecule has 21 heavy (non-hydrogen) atoms. The Morgan fingerprint density at radius 2 is 2.00 bits per heavy atom. The van der Waals surface area contributed by atoms with Gasteiger partial charge in [-0.1, -0.05) is 19.3 Å². The number of nitrogens with one attached hydrogen (secondary N) is 1. The van der Waals surface area contributed by atoms with E-state index in [1.165, 1.54) is 37.8 Å². The Morgan fingerprint density at radius 1 is 1.33 bits per heavy atom. The van der Waals surface area contributed by atoms with Crippen LogP contribution in [0.4, 0.5) is 0 Å². The molecule has 1 aliphatic rings. The summed E-state index contributed by atoms with van der Waals surface area (Å²) in [5.74, 6) is 0. The van der Waals surface area contributed by atoms with Gasteiger partial charge < -0.3 is 10.2 Å². The first-order chi connectivity index (χ1) is 10.0. The van der Waals surface area contributed by atoms with Crippen molar-refractivity contribution in [1.82, 2.24) is 20.0 Å². The van der Waals surface area contributed by atoms with E-state index in [4.69, 9.17) is 0 Å². The molecule has 1 atom stereocenters. The van der Waals surface area contributed by atoms with Crippen molar-refractivity contribution in [3.8, 4) is 0 Å². The van der Waals surface area contributed by atoms with Crippen molar-refractivity contribution in [1.29, 1.82) is 0 Å². The molecule has 1 aliphatic carbocycles. The summed E-state index contributed by atoms with van der Waals surface area (Å²) >= 11 is 0. The highest BCUT2D eigenvalue weighted by Gasteiger charge is 2.41. The van der Waals surface area contributed by atoms with Gasteiger partial charge in [0.2, 0.25) is 0 Å². The van der Waals surface area contributed by atoms with Crippen LogP contribution in [0.5, 0.6) is 0 Å². The number of likely N-dealkylation sites (N-methyl/N-ethyl adjacent to an activating group) is 2. The quantitative estimate of drug-likeness (QED) is 0.875. The van der Waals surface area contributed by atoms with E-state index in [0.29, 0.717) is 6.04 Å². The van der Waals surface area contributed by atoms with E-state index < -0.39 is 0 Å². The van der Waals surface area contributed by atoms with E-state index in [9.17, 15) is 0 Å². The summed E-state index contributed by atoms with van der Waals surface area (Å²) in [6.45, 7) is 5.22. The lowest BCUT2D eigenvalue weighted by Crippen LogP contribution is -2.60. The number of hydrogen-bond acceptors (Lipinski definition) is 3. The molecule has 0 amide bonds. The first kappa shape index (κ1) is 16.5. The maximum atomic E-state index is 4.60. The zero-order valence-electron chi connectivity index (χ0n) is 14.4. The standard InChI is InChI=1S/C17H32N4/c1-6-21-15(12-14(2)19-21)13-16(18-3)17(20(4)5)10-8-7-9-11-17/h12,16,18H,6-11,13H2,1-5H3. The minimum atomic E-state index is 0.281. The molecule has 4 nitrogen and oxygen atoms in total. The van der Waals surface area contributed by atoms with Crippen molar-refractivity contribution in [2.45, 2.75) is 70.5 Å². The van der Waals surface area contributed by atoms with E-state index >= 15 is 0 Å². The Kier molecular flexibility index (Phi) is 5.44. The highest BCUT2D eigenvalue weighted by atomic mass is 15.3. The second-order valence-corrected chi connectivity index (χ2v) is 6.70. The smallest absolute Gasteiger partial charge is 0.0596 e.